The van der Waals surface area contributed by atoms with E-state index in [4.69, 9.17) is 25.2 Å². The number of hydrogen-bond donors (Lipinski definition) is 3. The highest BCUT2D eigenvalue weighted by Gasteiger charge is 2.09. The van der Waals surface area contributed by atoms with Crippen molar-refractivity contribution in [1.82, 2.24) is 15.0 Å². The molecular formula is C26H22ClN7O3. The van der Waals surface area contributed by atoms with Crippen molar-refractivity contribution in [2.75, 3.05) is 23.2 Å². The SMILES string of the molecule is COc1ccc(Nc2nc(NCc3ccco3)nc(NN=Cc3ccc(-c4ccc(Cl)cc4)o3)n2)cc1. The molecule has 0 unspecified atom stereocenters. The predicted molar refractivity (Wildman–Crippen MR) is 143 cm³/mol. The number of rotatable bonds is 10. The zero-order valence-electron chi connectivity index (χ0n) is 19.7. The number of nitrogens with one attached hydrogen (secondary N) is 3. The molecule has 5 aromatic rings. The number of benzene rings is 2. The highest BCUT2D eigenvalue weighted by Crippen LogP contribution is 2.23. The van der Waals surface area contributed by atoms with Crippen LogP contribution < -0.4 is 20.8 Å². The number of methoxy groups -OCH3 is 1. The van der Waals surface area contributed by atoms with E-state index in [0.29, 0.717) is 35.0 Å². The third-order valence-corrected chi connectivity index (χ3v) is 5.35. The second-order valence-electron chi connectivity index (χ2n) is 7.67. The third kappa shape index (κ3) is 6.44. The van der Waals surface area contributed by atoms with E-state index in [2.05, 4.69) is 36.1 Å². The molecule has 0 bridgehead atoms. The van der Waals surface area contributed by atoms with Crippen molar-refractivity contribution in [3.8, 4) is 17.1 Å². The number of halogens is 1. The molecule has 0 saturated heterocycles. The van der Waals surface area contributed by atoms with Crippen LogP contribution in [0.15, 0.2) is 93.0 Å². The van der Waals surface area contributed by atoms with Gasteiger partial charge in [0.05, 0.1) is 26.1 Å². The van der Waals surface area contributed by atoms with Gasteiger partial charge in [0.15, 0.2) is 0 Å². The van der Waals surface area contributed by atoms with E-state index >= 15 is 0 Å². The van der Waals surface area contributed by atoms with Gasteiger partial charge in [0.1, 0.15) is 23.0 Å². The monoisotopic (exact) mass is 515 g/mol. The number of furan rings is 2. The van der Waals surface area contributed by atoms with Gasteiger partial charge in [0.2, 0.25) is 17.8 Å². The summed E-state index contributed by atoms with van der Waals surface area (Å²) in [4.78, 5) is 13.2. The van der Waals surface area contributed by atoms with Crippen molar-refractivity contribution in [3.63, 3.8) is 0 Å². The van der Waals surface area contributed by atoms with Crippen LogP contribution in [-0.4, -0.2) is 28.3 Å². The maximum absolute atomic E-state index is 5.96. The topological polar surface area (TPSA) is 123 Å². The summed E-state index contributed by atoms with van der Waals surface area (Å²) >= 11 is 5.96. The first kappa shape index (κ1) is 23.9. The Hall–Kier alpha value is -4.83. The minimum atomic E-state index is 0.230. The highest BCUT2D eigenvalue weighted by molar-refractivity contribution is 6.30. The summed E-state index contributed by atoms with van der Waals surface area (Å²) in [6, 6.07) is 22.1. The normalized spacial score (nSPS) is 11.0. The van der Waals surface area contributed by atoms with E-state index < -0.39 is 0 Å². The summed E-state index contributed by atoms with van der Waals surface area (Å²) in [7, 11) is 1.62. The molecule has 0 atom stereocenters. The first-order valence-electron chi connectivity index (χ1n) is 11.2. The Bertz CT molecular complexity index is 1470. The Balaban J connectivity index is 1.31. The first-order chi connectivity index (χ1) is 18.1. The van der Waals surface area contributed by atoms with Crippen molar-refractivity contribution < 1.29 is 13.6 Å². The second-order valence-corrected chi connectivity index (χ2v) is 8.11. The van der Waals surface area contributed by atoms with E-state index in [1.165, 1.54) is 6.21 Å². The lowest BCUT2D eigenvalue weighted by Crippen LogP contribution is -2.09. The number of aromatic nitrogens is 3. The molecule has 2 aromatic carbocycles. The summed E-state index contributed by atoms with van der Waals surface area (Å²) in [6.45, 7) is 0.404. The van der Waals surface area contributed by atoms with Crippen LogP contribution in [0, 0.1) is 0 Å². The van der Waals surface area contributed by atoms with E-state index in [9.17, 15) is 0 Å². The van der Waals surface area contributed by atoms with Crippen LogP contribution in [0.2, 0.25) is 5.02 Å². The van der Waals surface area contributed by atoms with Crippen molar-refractivity contribution in [2.45, 2.75) is 6.54 Å². The summed E-state index contributed by atoms with van der Waals surface area (Å²) in [6.07, 6.45) is 3.14. The minimum absolute atomic E-state index is 0.230. The number of anilines is 4. The van der Waals surface area contributed by atoms with Gasteiger partial charge >= 0.3 is 0 Å². The minimum Gasteiger partial charge on any atom is -0.497 e. The molecule has 3 heterocycles. The number of hydrazone groups is 1. The molecule has 0 aliphatic carbocycles. The van der Waals surface area contributed by atoms with Gasteiger partial charge in [-0.1, -0.05) is 11.6 Å². The van der Waals surface area contributed by atoms with Gasteiger partial charge in [-0.3, -0.25) is 0 Å². The molecule has 3 aromatic heterocycles. The Labute approximate surface area is 217 Å². The lowest BCUT2D eigenvalue weighted by atomic mass is 10.2. The van der Waals surface area contributed by atoms with E-state index in [0.717, 1.165) is 22.8 Å². The van der Waals surface area contributed by atoms with Gasteiger partial charge in [0, 0.05) is 16.3 Å². The molecule has 0 spiro atoms. The number of nitrogens with zero attached hydrogens (tertiary/aromatic N) is 4. The molecule has 10 nitrogen and oxygen atoms in total. The molecule has 0 fully saturated rings. The molecule has 0 saturated carbocycles. The van der Waals surface area contributed by atoms with Crippen LogP contribution in [0.5, 0.6) is 5.75 Å². The fraction of sp³-hybridized carbons (Fsp3) is 0.0769. The molecule has 37 heavy (non-hydrogen) atoms. The fourth-order valence-corrected chi connectivity index (χ4v) is 3.41. The van der Waals surface area contributed by atoms with E-state index in [1.807, 2.05) is 72.8 Å². The molecule has 186 valence electrons. The molecule has 3 N–H and O–H groups in total. The van der Waals surface area contributed by atoms with E-state index in [-0.39, 0.29) is 5.95 Å². The van der Waals surface area contributed by atoms with Crippen LogP contribution in [0.1, 0.15) is 11.5 Å². The standard InChI is InChI=1S/C26H22ClN7O3/c1-35-20-10-8-19(9-11-20)30-25-31-24(28-15-21-3-2-14-36-21)32-26(33-25)34-29-16-22-12-13-23(37-22)17-4-6-18(27)7-5-17/h2-14,16H,15H2,1H3,(H3,28,30,31,32,33,34). The predicted octanol–water partition coefficient (Wildman–Crippen LogP) is 6.19. The molecule has 11 heteroatoms. The highest BCUT2D eigenvalue weighted by atomic mass is 35.5. The third-order valence-electron chi connectivity index (χ3n) is 5.09. The Morgan fingerprint density at radius 1 is 0.919 bits per heavy atom. The van der Waals surface area contributed by atoms with Crippen LogP contribution in [0.3, 0.4) is 0 Å². The largest absolute Gasteiger partial charge is 0.497 e. The quantitative estimate of drug-likeness (QED) is 0.147. The molecule has 0 amide bonds. The number of hydrogen-bond acceptors (Lipinski definition) is 10. The van der Waals surface area contributed by atoms with Gasteiger partial charge in [-0.25, -0.2) is 5.43 Å². The van der Waals surface area contributed by atoms with Crippen molar-refractivity contribution >= 4 is 41.3 Å². The molecule has 5 rings (SSSR count). The molecule has 0 aliphatic rings. The maximum Gasteiger partial charge on any atom is 0.250 e. The van der Waals surface area contributed by atoms with Gasteiger partial charge in [-0.05, 0) is 72.8 Å². The van der Waals surface area contributed by atoms with Gasteiger partial charge in [-0.15, -0.1) is 0 Å². The summed E-state index contributed by atoms with van der Waals surface area (Å²) in [5.74, 6) is 3.63. The van der Waals surface area contributed by atoms with Crippen molar-refractivity contribution in [3.05, 3.63) is 95.6 Å². The Kier molecular flexibility index (Phi) is 7.28. The summed E-state index contributed by atoms with van der Waals surface area (Å²) in [5, 5.41) is 11.2. The summed E-state index contributed by atoms with van der Waals surface area (Å²) < 4.78 is 16.4. The molecule has 0 aliphatic heterocycles. The smallest absolute Gasteiger partial charge is 0.250 e. The van der Waals surface area contributed by atoms with Crippen molar-refractivity contribution in [1.29, 1.82) is 0 Å². The molecular weight excluding hydrogens is 494 g/mol. The van der Waals surface area contributed by atoms with Gasteiger partial charge in [0.25, 0.3) is 0 Å². The zero-order valence-corrected chi connectivity index (χ0v) is 20.4. The van der Waals surface area contributed by atoms with Crippen LogP contribution in [-0.2, 0) is 6.54 Å². The fourth-order valence-electron chi connectivity index (χ4n) is 3.29. The average molecular weight is 516 g/mol. The second kappa shape index (κ2) is 11.3. The lowest BCUT2D eigenvalue weighted by Gasteiger charge is -2.10. The maximum atomic E-state index is 5.96. The van der Waals surface area contributed by atoms with E-state index in [1.54, 1.807) is 13.4 Å². The van der Waals surface area contributed by atoms with Crippen LogP contribution in [0.25, 0.3) is 11.3 Å². The Morgan fingerprint density at radius 3 is 2.46 bits per heavy atom. The Morgan fingerprint density at radius 2 is 1.70 bits per heavy atom. The van der Waals surface area contributed by atoms with Gasteiger partial charge in [-0.2, -0.15) is 20.1 Å². The average Bonchev–Trinajstić information content (AvgIpc) is 3.61. The lowest BCUT2D eigenvalue weighted by molar-refractivity contribution is 0.415. The summed E-state index contributed by atoms with van der Waals surface area (Å²) in [5.41, 5.74) is 4.53. The van der Waals surface area contributed by atoms with Crippen LogP contribution in [0.4, 0.5) is 23.5 Å². The van der Waals surface area contributed by atoms with Crippen LogP contribution >= 0.6 is 11.6 Å². The first-order valence-corrected chi connectivity index (χ1v) is 11.6. The molecule has 0 radical (unpaired) electrons. The van der Waals surface area contributed by atoms with Crippen molar-refractivity contribution in [2.24, 2.45) is 5.10 Å². The number of ether oxygens (including phenoxy) is 1. The zero-order chi connectivity index (χ0) is 25.5. The van der Waals surface area contributed by atoms with Gasteiger partial charge < -0.3 is 24.2 Å².